The van der Waals surface area contributed by atoms with Gasteiger partial charge in [0.15, 0.2) is 11.5 Å². The van der Waals surface area contributed by atoms with Crippen LogP contribution in [0.4, 0.5) is 5.69 Å². The molecule has 2 aromatic rings. The summed E-state index contributed by atoms with van der Waals surface area (Å²) in [6.45, 7) is 7.60. The Bertz CT molecular complexity index is 786. The van der Waals surface area contributed by atoms with Crippen LogP contribution in [0, 0.1) is 0 Å². The molecule has 1 amide bonds. The first-order valence-corrected chi connectivity index (χ1v) is 8.41. The number of amides is 1. The Morgan fingerprint density at radius 1 is 1.00 bits per heavy atom. The molecule has 1 aliphatic rings. The number of hydrogen-bond donors (Lipinski definition) is 1. The summed E-state index contributed by atoms with van der Waals surface area (Å²) in [4.78, 5) is 12.1. The molecule has 0 unspecified atom stereocenters. The second-order valence-electron chi connectivity index (χ2n) is 7.05. The molecule has 1 N–H and O–H groups in total. The van der Waals surface area contributed by atoms with Crippen molar-refractivity contribution < 1.29 is 14.3 Å². The van der Waals surface area contributed by atoms with Crippen molar-refractivity contribution in [1.82, 2.24) is 0 Å². The fraction of sp³-hybridized carbons (Fsp3) is 0.286. The first-order chi connectivity index (χ1) is 11.9. The summed E-state index contributed by atoms with van der Waals surface area (Å²) in [5, 5.41) is 2.87. The lowest BCUT2D eigenvalue weighted by Gasteiger charge is -2.19. The first kappa shape index (κ1) is 17.1. The number of rotatable bonds is 3. The third-order valence-electron chi connectivity index (χ3n) is 4.01. The lowest BCUT2D eigenvalue weighted by atomic mass is 9.87. The van der Waals surface area contributed by atoms with E-state index in [1.165, 1.54) is 11.6 Å². The van der Waals surface area contributed by atoms with Crippen LogP contribution in [0.3, 0.4) is 0 Å². The van der Waals surface area contributed by atoms with Crippen LogP contribution in [-0.2, 0) is 10.2 Å². The van der Waals surface area contributed by atoms with E-state index in [0.717, 1.165) is 17.0 Å². The number of anilines is 1. The largest absolute Gasteiger partial charge is 0.486 e. The molecule has 0 fully saturated rings. The van der Waals surface area contributed by atoms with Gasteiger partial charge in [0.05, 0.1) is 0 Å². The van der Waals surface area contributed by atoms with Crippen molar-refractivity contribution in [3.05, 3.63) is 59.7 Å². The molecule has 1 heterocycles. The van der Waals surface area contributed by atoms with E-state index in [0.29, 0.717) is 19.0 Å². The Kier molecular flexibility index (Phi) is 4.79. The minimum atomic E-state index is -0.168. The SMILES string of the molecule is CC(C)(C)c1ccc(NC(=O)C=Cc2ccc3c(c2)OCCO3)cc1. The van der Waals surface area contributed by atoms with Gasteiger partial charge in [-0.3, -0.25) is 4.79 Å². The molecule has 0 spiro atoms. The van der Waals surface area contributed by atoms with Crippen molar-refractivity contribution in [3.8, 4) is 11.5 Å². The molecule has 0 bridgehead atoms. The summed E-state index contributed by atoms with van der Waals surface area (Å²) >= 11 is 0. The number of hydrogen-bond acceptors (Lipinski definition) is 3. The quantitative estimate of drug-likeness (QED) is 0.844. The third kappa shape index (κ3) is 4.41. The Morgan fingerprint density at radius 3 is 2.36 bits per heavy atom. The zero-order valence-corrected chi connectivity index (χ0v) is 14.8. The van der Waals surface area contributed by atoms with Gasteiger partial charge in [0.2, 0.25) is 5.91 Å². The average molecular weight is 337 g/mol. The Balaban J connectivity index is 1.63. The van der Waals surface area contributed by atoms with E-state index >= 15 is 0 Å². The first-order valence-electron chi connectivity index (χ1n) is 8.41. The Labute approximate surface area is 148 Å². The maximum Gasteiger partial charge on any atom is 0.248 e. The monoisotopic (exact) mass is 337 g/mol. The fourth-order valence-electron chi connectivity index (χ4n) is 2.57. The highest BCUT2D eigenvalue weighted by atomic mass is 16.6. The average Bonchev–Trinajstić information content (AvgIpc) is 2.59. The van der Waals surface area contributed by atoms with Crippen molar-refractivity contribution in [1.29, 1.82) is 0 Å². The van der Waals surface area contributed by atoms with Crippen LogP contribution in [-0.4, -0.2) is 19.1 Å². The summed E-state index contributed by atoms with van der Waals surface area (Å²) in [6, 6.07) is 13.6. The van der Waals surface area contributed by atoms with E-state index in [1.54, 1.807) is 6.08 Å². The number of carbonyl (C=O) groups excluding carboxylic acids is 1. The lowest BCUT2D eigenvalue weighted by Crippen LogP contribution is -2.15. The van der Waals surface area contributed by atoms with Gasteiger partial charge in [0, 0.05) is 11.8 Å². The van der Waals surface area contributed by atoms with Gasteiger partial charge in [-0.05, 0) is 46.9 Å². The summed E-state index contributed by atoms with van der Waals surface area (Å²) in [7, 11) is 0. The molecule has 0 radical (unpaired) electrons. The second kappa shape index (κ2) is 7.01. The van der Waals surface area contributed by atoms with Gasteiger partial charge in [-0.25, -0.2) is 0 Å². The predicted octanol–water partition coefficient (Wildman–Crippen LogP) is 4.41. The van der Waals surface area contributed by atoms with E-state index in [4.69, 9.17) is 9.47 Å². The number of carbonyl (C=O) groups is 1. The number of benzene rings is 2. The van der Waals surface area contributed by atoms with Crippen LogP contribution in [0.1, 0.15) is 31.9 Å². The molecule has 2 aromatic carbocycles. The van der Waals surface area contributed by atoms with Crippen molar-refractivity contribution in [2.75, 3.05) is 18.5 Å². The van der Waals surface area contributed by atoms with Gasteiger partial charge in [-0.1, -0.05) is 39.0 Å². The van der Waals surface area contributed by atoms with E-state index < -0.39 is 0 Å². The van der Waals surface area contributed by atoms with Crippen molar-refractivity contribution in [2.45, 2.75) is 26.2 Å². The second-order valence-corrected chi connectivity index (χ2v) is 7.05. The third-order valence-corrected chi connectivity index (χ3v) is 4.01. The number of fused-ring (bicyclic) bond motifs is 1. The minimum absolute atomic E-state index is 0.0979. The minimum Gasteiger partial charge on any atom is -0.486 e. The number of nitrogens with one attached hydrogen (secondary N) is 1. The van der Waals surface area contributed by atoms with Gasteiger partial charge < -0.3 is 14.8 Å². The van der Waals surface area contributed by atoms with Crippen LogP contribution < -0.4 is 14.8 Å². The molecule has 0 saturated carbocycles. The smallest absolute Gasteiger partial charge is 0.248 e. The molecule has 0 aliphatic carbocycles. The summed E-state index contributed by atoms with van der Waals surface area (Å²) in [5.74, 6) is 1.29. The Hall–Kier alpha value is -2.75. The van der Waals surface area contributed by atoms with Gasteiger partial charge in [0.25, 0.3) is 0 Å². The molecule has 0 atom stereocenters. The molecular weight excluding hydrogens is 314 g/mol. The molecule has 4 heteroatoms. The molecule has 0 saturated heterocycles. The van der Waals surface area contributed by atoms with E-state index in [1.807, 2.05) is 42.5 Å². The normalized spacial score (nSPS) is 13.7. The topological polar surface area (TPSA) is 47.6 Å². The van der Waals surface area contributed by atoms with Crippen LogP contribution in [0.5, 0.6) is 11.5 Å². The van der Waals surface area contributed by atoms with Crippen molar-refractivity contribution >= 4 is 17.7 Å². The standard InChI is InChI=1S/C21H23NO3/c1-21(2,3)16-6-8-17(9-7-16)22-20(23)11-5-15-4-10-18-19(14-15)25-13-12-24-18/h4-11,14H,12-13H2,1-3H3,(H,22,23). The van der Waals surface area contributed by atoms with Crippen molar-refractivity contribution in [3.63, 3.8) is 0 Å². The molecule has 0 aromatic heterocycles. The predicted molar refractivity (Wildman–Crippen MR) is 100 cm³/mol. The van der Waals surface area contributed by atoms with Crippen LogP contribution in [0.2, 0.25) is 0 Å². The van der Waals surface area contributed by atoms with Crippen molar-refractivity contribution in [2.24, 2.45) is 0 Å². The Morgan fingerprint density at radius 2 is 1.68 bits per heavy atom. The molecule has 25 heavy (non-hydrogen) atoms. The summed E-state index contributed by atoms with van der Waals surface area (Å²) in [5.41, 5.74) is 3.00. The van der Waals surface area contributed by atoms with Crippen LogP contribution >= 0.6 is 0 Å². The van der Waals surface area contributed by atoms with Gasteiger partial charge in [-0.15, -0.1) is 0 Å². The zero-order chi connectivity index (χ0) is 17.9. The molecule has 1 aliphatic heterocycles. The number of ether oxygens (including phenoxy) is 2. The van der Waals surface area contributed by atoms with E-state index in [-0.39, 0.29) is 11.3 Å². The maximum absolute atomic E-state index is 12.1. The van der Waals surface area contributed by atoms with Crippen LogP contribution in [0.15, 0.2) is 48.5 Å². The highest BCUT2D eigenvalue weighted by Gasteiger charge is 2.13. The zero-order valence-electron chi connectivity index (χ0n) is 14.8. The summed E-state index contributed by atoms with van der Waals surface area (Å²) in [6.07, 6.45) is 3.28. The molecule has 3 rings (SSSR count). The van der Waals surface area contributed by atoms with E-state index in [9.17, 15) is 4.79 Å². The fourth-order valence-corrected chi connectivity index (χ4v) is 2.57. The molecule has 130 valence electrons. The van der Waals surface area contributed by atoms with Gasteiger partial charge in [0.1, 0.15) is 13.2 Å². The molecular formula is C21H23NO3. The van der Waals surface area contributed by atoms with Gasteiger partial charge >= 0.3 is 0 Å². The highest BCUT2D eigenvalue weighted by molar-refractivity contribution is 6.01. The molecule has 4 nitrogen and oxygen atoms in total. The maximum atomic E-state index is 12.1. The van der Waals surface area contributed by atoms with Gasteiger partial charge in [-0.2, -0.15) is 0 Å². The van der Waals surface area contributed by atoms with Crippen LogP contribution in [0.25, 0.3) is 6.08 Å². The highest BCUT2D eigenvalue weighted by Crippen LogP contribution is 2.31. The lowest BCUT2D eigenvalue weighted by molar-refractivity contribution is -0.111. The van der Waals surface area contributed by atoms with E-state index in [2.05, 4.69) is 26.1 Å². The summed E-state index contributed by atoms with van der Waals surface area (Å²) < 4.78 is 11.0.